The maximum atomic E-state index is 12.8. The van der Waals surface area contributed by atoms with Crippen molar-refractivity contribution in [2.75, 3.05) is 5.32 Å². The van der Waals surface area contributed by atoms with E-state index in [9.17, 15) is 9.59 Å². The second kappa shape index (κ2) is 9.03. The van der Waals surface area contributed by atoms with Crippen LogP contribution in [0.5, 0.6) is 0 Å². The first kappa shape index (κ1) is 22.7. The van der Waals surface area contributed by atoms with Gasteiger partial charge in [0, 0.05) is 33.6 Å². The fourth-order valence-corrected chi connectivity index (χ4v) is 4.93. The first-order valence-electron chi connectivity index (χ1n) is 9.12. The molecule has 1 aliphatic carbocycles. The molecule has 2 aromatic carbocycles. The first-order chi connectivity index (χ1) is 13.6. The molecule has 1 aliphatic rings. The van der Waals surface area contributed by atoms with E-state index < -0.39 is 16.2 Å². The number of amides is 1. The van der Waals surface area contributed by atoms with E-state index in [2.05, 4.69) is 5.32 Å². The molecule has 0 spiro atoms. The van der Waals surface area contributed by atoms with Gasteiger partial charge < -0.3 is 5.32 Å². The summed E-state index contributed by atoms with van der Waals surface area (Å²) in [5.41, 5.74) is 1.53. The molecule has 0 aliphatic heterocycles. The van der Waals surface area contributed by atoms with Crippen molar-refractivity contribution in [3.8, 4) is 0 Å². The van der Waals surface area contributed by atoms with Gasteiger partial charge in [-0.2, -0.15) is 0 Å². The van der Waals surface area contributed by atoms with Crippen molar-refractivity contribution in [3.63, 3.8) is 0 Å². The number of ketones is 1. The summed E-state index contributed by atoms with van der Waals surface area (Å²) < 4.78 is -1.27. The van der Waals surface area contributed by atoms with Gasteiger partial charge in [-0.05, 0) is 48.4 Å². The van der Waals surface area contributed by atoms with Crippen LogP contribution < -0.4 is 5.32 Å². The average Bonchev–Trinajstić information content (AvgIpc) is 3.22. The third-order valence-electron chi connectivity index (χ3n) is 4.87. The third kappa shape index (κ3) is 5.03. The van der Waals surface area contributed by atoms with Gasteiger partial charge in [-0.15, -0.1) is 23.2 Å². The van der Waals surface area contributed by atoms with Gasteiger partial charge in [0.05, 0.1) is 10.9 Å². The summed E-state index contributed by atoms with van der Waals surface area (Å²) in [4.78, 5) is 25.2. The fourth-order valence-electron chi connectivity index (χ4n) is 3.33. The number of hydrogen-bond acceptors (Lipinski definition) is 2. The van der Waals surface area contributed by atoms with Crippen LogP contribution in [0.2, 0.25) is 15.1 Å². The van der Waals surface area contributed by atoms with Crippen molar-refractivity contribution < 1.29 is 9.59 Å². The normalized spacial score (nSPS) is 19.7. The number of carbonyl (C=O) groups is 2. The Morgan fingerprint density at radius 3 is 2.31 bits per heavy atom. The monoisotopic (exact) mass is 491 g/mol. The predicted molar refractivity (Wildman–Crippen MR) is 121 cm³/mol. The van der Waals surface area contributed by atoms with Gasteiger partial charge in [0.25, 0.3) is 0 Å². The second-order valence-corrected chi connectivity index (χ2v) is 9.77. The van der Waals surface area contributed by atoms with E-state index in [0.717, 1.165) is 12.8 Å². The van der Waals surface area contributed by atoms with Crippen molar-refractivity contribution in [2.24, 2.45) is 5.92 Å². The van der Waals surface area contributed by atoms with Crippen LogP contribution in [0.15, 0.2) is 36.4 Å². The molecule has 29 heavy (non-hydrogen) atoms. The Labute approximate surface area is 194 Å². The summed E-state index contributed by atoms with van der Waals surface area (Å²) in [5, 5.41) is 4.02. The molecule has 1 N–H and O–H groups in total. The minimum Gasteiger partial charge on any atom is -0.326 e. The minimum atomic E-state index is -1.27. The van der Waals surface area contributed by atoms with Crippen LogP contribution in [0.1, 0.15) is 48.0 Å². The Morgan fingerprint density at radius 1 is 1.03 bits per heavy atom. The zero-order chi connectivity index (χ0) is 21.3. The lowest BCUT2D eigenvalue weighted by atomic mass is 10.0. The number of unbranched alkanes of at least 4 members (excludes halogenated alkanes) is 1. The van der Waals surface area contributed by atoms with Crippen LogP contribution >= 0.6 is 58.0 Å². The van der Waals surface area contributed by atoms with Crippen LogP contribution in [-0.4, -0.2) is 16.0 Å². The van der Waals surface area contributed by atoms with E-state index in [-0.39, 0.29) is 11.7 Å². The summed E-state index contributed by atoms with van der Waals surface area (Å²) in [6.07, 6.45) is 2.09. The van der Waals surface area contributed by atoms with Crippen molar-refractivity contribution >= 4 is 75.4 Å². The summed E-state index contributed by atoms with van der Waals surface area (Å²) in [6, 6.07) is 9.78. The third-order valence-corrected chi connectivity index (χ3v) is 6.58. The van der Waals surface area contributed by atoms with E-state index >= 15 is 0 Å². The molecule has 154 valence electrons. The SMILES string of the molecule is CCCCC(=O)c1cc(NC(=O)C2C(c3cc(Cl)cc(Cl)c3)C2(Cl)Cl)ccc1Cl. The molecule has 1 fully saturated rings. The Kier molecular flexibility index (Phi) is 7.07. The number of anilines is 1. The quantitative estimate of drug-likeness (QED) is 0.320. The van der Waals surface area contributed by atoms with Crippen molar-refractivity contribution in [3.05, 3.63) is 62.6 Å². The average molecular weight is 494 g/mol. The van der Waals surface area contributed by atoms with Gasteiger partial charge in [-0.3, -0.25) is 9.59 Å². The van der Waals surface area contributed by atoms with Gasteiger partial charge in [0.1, 0.15) is 4.33 Å². The van der Waals surface area contributed by atoms with Crippen LogP contribution in [0.3, 0.4) is 0 Å². The smallest absolute Gasteiger partial charge is 0.231 e. The van der Waals surface area contributed by atoms with Crippen LogP contribution in [0.25, 0.3) is 0 Å². The molecular formula is C21H18Cl5NO2. The zero-order valence-electron chi connectivity index (χ0n) is 15.4. The maximum Gasteiger partial charge on any atom is 0.231 e. The summed E-state index contributed by atoms with van der Waals surface area (Å²) in [7, 11) is 0. The highest BCUT2D eigenvalue weighted by atomic mass is 35.5. The fraction of sp³-hybridized carbons (Fsp3) is 0.333. The van der Waals surface area contributed by atoms with Crippen LogP contribution in [0.4, 0.5) is 5.69 Å². The zero-order valence-corrected chi connectivity index (χ0v) is 19.2. The standard InChI is InChI=1S/C21H18Cl5NO2/c1-2-3-4-17(28)15-10-14(5-6-16(15)24)27-20(29)19-18(21(19,25)26)11-7-12(22)9-13(23)8-11/h5-10,18-19H,2-4H2,1H3,(H,27,29). The highest BCUT2D eigenvalue weighted by Gasteiger charge is 2.67. The Balaban J connectivity index is 1.77. The lowest BCUT2D eigenvalue weighted by Gasteiger charge is -2.09. The highest BCUT2D eigenvalue weighted by Crippen LogP contribution is 2.65. The molecule has 0 radical (unpaired) electrons. The maximum absolute atomic E-state index is 12.8. The number of carbonyl (C=O) groups excluding carboxylic acids is 2. The molecule has 1 saturated carbocycles. The van der Waals surface area contributed by atoms with Gasteiger partial charge in [-0.25, -0.2) is 0 Å². The molecular weight excluding hydrogens is 476 g/mol. The van der Waals surface area contributed by atoms with Crippen LogP contribution in [0, 0.1) is 5.92 Å². The predicted octanol–water partition coefficient (Wildman–Crippen LogP) is 7.55. The van der Waals surface area contributed by atoms with Crippen molar-refractivity contribution in [1.82, 2.24) is 0 Å². The van der Waals surface area contributed by atoms with E-state index in [1.807, 2.05) is 6.92 Å². The molecule has 3 rings (SSSR count). The molecule has 1 amide bonds. The summed E-state index contributed by atoms with van der Waals surface area (Å²) in [5.74, 6) is -1.55. The number of Topliss-reactive ketones (excluding diaryl/α,β-unsaturated/α-hetero) is 1. The molecule has 0 bridgehead atoms. The Hall–Kier alpha value is -0.970. The topological polar surface area (TPSA) is 46.2 Å². The number of rotatable bonds is 7. The Morgan fingerprint density at radius 2 is 1.69 bits per heavy atom. The molecule has 2 unspecified atom stereocenters. The highest BCUT2D eigenvalue weighted by molar-refractivity contribution is 6.53. The minimum absolute atomic E-state index is 0.0603. The molecule has 0 saturated heterocycles. The number of nitrogens with one attached hydrogen (secondary N) is 1. The lowest BCUT2D eigenvalue weighted by Crippen LogP contribution is -2.17. The van der Waals surface area contributed by atoms with Crippen LogP contribution in [-0.2, 0) is 4.79 Å². The van der Waals surface area contributed by atoms with Gasteiger partial charge in [-0.1, -0.05) is 48.1 Å². The number of halogens is 5. The molecule has 3 nitrogen and oxygen atoms in total. The summed E-state index contributed by atoms with van der Waals surface area (Å²) in [6.45, 7) is 2.01. The first-order valence-corrected chi connectivity index (χ1v) is 11.0. The van der Waals surface area contributed by atoms with Gasteiger partial charge in [0.15, 0.2) is 5.78 Å². The van der Waals surface area contributed by atoms with E-state index in [0.29, 0.717) is 38.3 Å². The van der Waals surface area contributed by atoms with E-state index in [1.54, 1.807) is 36.4 Å². The summed E-state index contributed by atoms with van der Waals surface area (Å²) >= 11 is 31.0. The molecule has 2 atom stereocenters. The Bertz CT molecular complexity index is 940. The van der Waals surface area contributed by atoms with E-state index in [1.165, 1.54) is 0 Å². The molecule has 0 heterocycles. The van der Waals surface area contributed by atoms with Gasteiger partial charge >= 0.3 is 0 Å². The number of hydrogen-bond donors (Lipinski definition) is 1. The van der Waals surface area contributed by atoms with Gasteiger partial charge in [0.2, 0.25) is 5.91 Å². The number of alkyl halides is 2. The number of benzene rings is 2. The largest absolute Gasteiger partial charge is 0.326 e. The molecule has 0 aromatic heterocycles. The molecule has 2 aromatic rings. The van der Waals surface area contributed by atoms with Crippen molar-refractivity contribution in [2.45, 2.75) is 36.4 Å². The lowest BCUT2D eigenvalue weighted by molar-refractivity contribution is -0.117. The molecule has 8 heteroatoms. The second-order valence-electron chi connectivity index (χ2n) is 7.04. The van der Waals surface area contributed by atoms with Crippen molar-refractivity contribution in [1.29, 1.82) is 0 Å². The van der Waals surface area contributed by atoms with E-state index in [4.69, 9.17) is 58.0 Å².